The predicted molar refractivity (Wildman–Crippen MR) is 54.1 cm³/mol. The maximum absolute atomic E-state index is 11.3. The van der Waals surface area contributed by atoms with Gasteiger partial charge in [-0.1, -0.05) is 0 Å². The van der Waals surface area contributed by atoms with Gasteiger partial charge in [0.15, 0.2) is 0 Å². The summed E-state index contributed by atoms with van der Waals surface area (Å²) in [4.78, 5) is 21.4. The number of carbonyl (C=O) groups is 2. The molecule has 0 spiro atoms. The molecule has 2 N–H and O–H groups in total. The molecule has 1 aromatic rings. The summed E-state index contributed by atoms with van der Waals surface area (Å²) >= 11 is 0. The first-order valence-electron chi connectivity index (χ1n) is 4.36. The summed E-state index contributed by atoms with van der Waals surface area (Å²) in [6.07, 6.45) is 0.598. The second kappa shape index (κ2) is 5.01. The molecule has 0 saturated carbocycles. The van der Waals surface area contributed by atoms with E-state index < -0.39 is 0 Å². The van der Waals surface area contributed by atoms with Gasteiger partial charge in [0.25, 0.3) is 5.91 Å². The van der Waals surface area contributed by atoms with Crippen molar-refractivity contribution in [1.29, 1.82) is 0 Å². The van der Waals surface area contributed by atoms with E-state index in [1.165, 1.54) is 0 Å². The van der Waals surface area contributed by atoms with Crippen LogP contribution in [0.3, 0.4) is 0 Å². The first-order valence-corrected chi connectivity index (χ1v) is 4.36. The fourth-order valence-electron chi connectivity index (χ4n) is 1.05. The third kappa shape index (κ3) is 2.58. The van der Waals surface area contributed by atoms with Gasteiger partial charge < -0.3 is 10.6 Å². The summed E-state index contributed by atoms with van der Waals surface area (Å²) < 4.78 is 0. The van der Waals surface area contributed by atoms with Gasteiger partial charge in [-0.05, 0) is 31.2 Å². The molecule has 2 amide bonds. The molecule has 4 nitrogen and oxygen atoms in total. The van der Waals surface area contributed by atoms with Crippen LogP contribution in [0.15, 0.2) is 24.3 Å². The molecule has 0 heterocycles. The van der Waals surface area contributed by atoms with Crippen molar-refractivity contribution >= 4 is 18.0 Å². The van der Waals surface area contributed by atoms with Gasteiger partial charge in [-0.15, -0.1) is 0 Å². The molecule has 0 bridgehead atoms. The zero-order valence-electron chi connectivity index (χ0n) is 7.91. The van der Waals surface area contributed by atoms with Gasteiger partial charge in [0.2, 0.25) is 6.41 Å². The molecular formula is C10H12N2O2. The first kappa shape index (κ1) is 10.2. The van der Waals surface area contributed by atoms with Gasteiger partial charge >= 0.3 is 0 Å². The van der Waals surface area contributed by atoms with Crippen LogP contribution >= 0.6 is 0 Å². The highest BCUT2D eigenvalue weighted by Crippen LogP contribution is 2.08. The summed E-state index contributed by atoms with van der Waals surface area (Å²) in [7, 11) is 0. The minimum atomic E-state index is -0.106. The fourth-order valence-corrected chi connectivity index (χ4v) is 1.05. The Labute approximate surface area is 82.3 Å². The van der Waals surface area contributed by atoms with Crippen LogP contribution in [0.1, 0.15) is 17.3 Å². The molecular weight excluding hydrogens is 180 g/mol. The van der Waals surface area contributed by atoms with E-state index in [4.69, 9.17) is 0 Å². The Morgan fingerprint density at radius 2 is 2.00 bits per heavy atom. The Hall–Kier alpha value is -1.84. The van der Waals surface area contributed by atoms with E-state index in [9.17, 15) is 9.59 Å². The molecule has 0 aliphatic heterocycles. The number of amides is 2. The van der Waals surface area contributed by atoms with Gasteiger partial charge in [0.1, 0.15) is 0 Å². The quantitative estimate of drug-likeness (QED) is 0.699. The molecule has 0 fully saturated rings. The molecule has 4 heteroatoms. The highest BCUT2D eigenvalue weighted by molar-refractivity contribution is 5.94. The number of carbonyl (C=O) groups excluding carboxylic acids is 2. The maximum atomic E-state index is 11.3. The number of hydrogen-bond acceptors (Lipinski definition) is 2. The van der Waals surface area contributed by atoms with Crippen molar-refractivity contribution < 1.29 is 9.59 Å². The van der Waals surface area contributed by atoms with Crippen LogP contribution in [-0.2, 0) is 4.79 Å². The molecule has 14 heavy (non-hydrogen) atoms. The minimum Gasteiger partial charge on any atom is -0.352 e. The Morgan fingerprint density at radius 3 is 2.50 bits per heavy atom. The standard InChI is InChI=1S/C10H12N2O2/c1-2-11-10(14)8-3-5-9(6-4-8)12-7-13/h3-7H,2H2,1H3,(H,11,14)(H,12,13). The van der Waals surface area contributed by atoms with Crippen molar-refractivity contribution in [3.05, 3.63) is 29.8 Å². The summed E-state index contributed by atoms with van der Waals surface area (Å²) in [6, 6.07) is 6.69. The second-order valence-corrected chi connectivity index (χ2v) is 2.70. The molecule has 0 aliphatic carbocycles. The van der Waals surface area contributed by atoms with Crippen molar-refractivity contribution in [1.82, 2.24) is 5.32 Å². The third-order valence-corrected chi connectivity index (χ3v) is 1.71. The number of nitrogens with one attached hydrogen (secondary N) is 2. The summed E-state index contributed by atoms with van der Waals surface area (Å²) in [6.45, 7) is 2.47. The van der Waals surface area contributed by atoms with Crippen LogP contribution in [0.4, 0.5) is 5.69 Å². The topological polar surface area (TPSA) is 58.2 Å². The van der Waals surface area contributed by atoms with Gasteiger partial charge in [0.05, 0.1) is 0 Å². The molecule has 0 radical (unpaired) electrons. The highest BCUT2D eigenvalue weighted by atomic mass is 16.1. The summed E-state index contributed by atoms with van der Waals surface area (Å²) in [5, 5.41) is 5.18. The van der Waals surface area contributed by atoms with Gasteiger partial charge in [0, 0.05) is 17.8 Å². The number of anilines is 1. The third-order valence-electron chi connectivity index (χ3n) is 1.71. The van der Waals surface area contributed by atoms with Crippen molar-refractivity contribution in [2.75, 3.05) is 11.9 Å². The summed E-state index contributed by atoms with van der Waals surface area (Å²) in [5.41, 5.74) is 1.26. The average molecular weight is 192 g/mol. The van der Waals surface area contributed by atoms with E-state index in [2.05, 4.69) is 10.6 Å². The number of rotatable bonds is 4. The van der Waals surface area contributed by atoms with Crippen molar-refractivity contribution in [3.63, 3.8) is 0 Å². The highest BCUT2D eigenvalue weighted by Gasteiger charge is 2.02. The van der Waals surface area contributed by atoms with Gasteiger partial charge in [-0.3, -0.25) is 9.59 Å². The molecule has 0 aliphatic rings. The lowest BCUT2D eigenvalue weighted by Gasteiger charge is -2.02. The largest absolute Gasteiger partial charge is 0.352 e. The van der Waals surface area contributed by atoms with Crippen molar-refractivity contribution in [2.45, 2.75) is 6.92 Å². The zero-order chi connectivity index (χ0) is 10.4. The summed E-state index contributed by atoms with van der Waals surface area (Å²) in [5.74, 6) is -0.106. The van der Waals surface area contributed by atoms with Gasteiger partial charge in [-0.2, -0.15) is 0 Å². The minimum absolute atomic E-state index is 0.106. The van der Waals surface area contributed by atoms with Crippen LogP contribution in [-0.4, -0.2) is 18.9 Å². The molecule has 1 rings (SSSR count). The van der Waals surface area contributed by atoms with Crippen LogP contribution in [0.25, 0.3) is 0 Å². The monoisotopic (exact) mass is 192 g/mol. The van der Waals surface area contributed by atoms with Crippen LogP contribution in [0, 0.1) is 0 Å². The van der Waals surface area contributed by atoms with Crippen molar-refractivity contribution in [3.8, 4) is 0 Å². The van der Waals surface area contributed by atoms with E-state index in [0.717, 1.165) is 0 Å². The molecule has 0 saturated heterocycles. The zero-order valence-corrected chi connectivity index (χ0v) is 7.91. The predicted octanol–water partition coefficient (Wildman–Crippen LogP) is 1.00. The Balaban J connectivity index is 2.72. The molecule has 74 valence electrons. The maximum Gasteiger partial charge on any atom is 0.251 e. The Kier molecular flexibility index (Phi) is 3.67. The molecule has 0 aromatic heterocycles. The average Bonchev–Trinajstić information content (AvgIpc) is 2.20. The van der Waals surface area contributed by atoms with Crippen molar-refractivity contribution in [2.24, 2.45) is 0 Å². The fraction of sp³-hybridized carbons (Fsp3) is 0.200. The van der Waals surface area contributed by atoms with Crippen LogP contribution in [0.5, 0.6) is 0 Å². The normalized spacial score (nSPS) is 9.21. The lowest BCUT2D eigenvalue weighted by Crippen LogP contribution is -2.22. The van der Waals surface area contributed by atoms with E-state index >= 15 is 0 Å². The van der Waals surface area contributed by atoms with E-state index in [1.54, 1.807) is 24.3 Å². The Morgan fingerprint density at radius 1 is 1.36 bits per heavy atom. The smallest absolute Gasteiger partial charge is 0.251 e. The van der Waals surface area contributed by atoms with E-state index in [1.807, 2.05) is 6.92 Å². The van der Waals surface area contributed by atoms with Crippen LogP contribution in [0.2, 0.25) is 0 Å². The SMILES string of the molecule is CCNC(=O)c1ccc(NC=O)cc1. The number of hydrogen-bond donors (Lipinski definition) is 2. The molecule has 1 aromatic carbocycles. The first-order chi connectivity index (χ1) is 6.77. The van der Waals surface area contributed by atoms with E-state index in [-0.39, 0.29) is 5.91 Å². The van der Waals surface area contributed by atoms with E-state index in [0.29, 0.717) is 24.2 Å². The van der Waals surface area contributed by atoms with Gasteiger partial charge in [-0.25, -0.2) is 0 Å². The lowest BCUT2D eigenvalue weighted by atomic mass is 10.2. The number of benzene rings is 1. The second-order valence-electron chi connectivity index (χ2n) is 2.70. The molecule has 0 atom stereocenters. The lowest BCUT2D eigenvalue weighted by molar-refractivity contribution is -0.105. The van der Waals surface area contributed by atoms with Crippen LogP contribution < -0.4 is 10.6 Å². The Bertz CT molecular complexity index is 319. The molecule has 0 unspecified atom stereocenters.